The van der Waals surface area contributed by atoms with E-state index in [1.807, 2.05) is 0 Å². The minimum absolute atomic E-state index is 0.0308. The topological polar surface area (TPSA) is 43.4 Å². The Morgan fingerprint density at radius 1 is 1.32 bits per heavy atom. The molecule has 2 fully saturated rings. The largest absolute Gasteiger partial charge is 0.466 e. The molecular weight excluding hydrogens is 287 g/mol. The van der Waals surface area contributed by atoms with Crippen LogP contribution in [-0.4, -0.2) is 22.7 Å². The zero-order valence-electron chi connectivity index (χ0n) is 11.2. The number of halogens is 2. The van der Waals surface area contributed by atoms with E-state index >= 15 is 0 Å². The number of carbonyl (C=O) groups excluding carboxylic acids is 2. The van der Waals surface area contributed by atoms with Crippen LogP contribution in [-0.2, 0) is 14.3 Å². The van der Waals surface area contributed by atoms with Gasteiger partial charge >= 0.3 is 5.97 Å². The molecule has 0 heterocycles. The summed E-state index contributed by atoms with van der Waals surface area (Å²) in [5, 5.41) is 0. The van der Waals surface area contributed by atoms with Gasteiger partial charge < -0.3 is 4.74 Å². The van der Waals surface area contributed by atoms with Crippen LogP contribution in [0.25, 0.3) is 0 Å². The average molecular weight is 307 g/mol. The first-order valence-electron chi connectivity index (χ1n) is 7.00. The number of esters is 1. The third kappa shape index (κ3) is 3.08. The number of alkyl halides is 2. The fourth-order valence-corrected chi connectivity index (χ4v) is 4.16. The Balaban J connectivity index is 1.63. The highest BCUT2D eigenvalue weighted by atomic mass is 35.5. The van der Waals surface area contributed by atoms with Crippen LogP contribution in [0.15, 0.2) is 0 Å². The van der Waals surface area contributed by atoms with E-state index in [0.29, 0.717) is 12.5 Å². The minimum Gasteiger partial charge on any atom is -0.466 e. The molecule has 0 saturated heterocycles. The molecule has 0 aromatic carbocycles. The standard InChI is InChI=1S/C14H20Cl2O3/c1-9(17)19-8-4-2-3-5-10-6-7-11-12(10)13(18)14(11,15)16/h10-12H,2-8H2,1H3. The number of rotatable bonds is 6. The summed E-state index contributed by atoms with van der Waals surface area (Å²) in [6.45, 7) is 1.92. The lowest BCUT2D eigenvalue weighted by Crippen LogP contribution is -2.55. The van der Waals surface area contributed by atoms with Crippen LogP contribution >= 0.6 is 23.2 Å². The molecule has 19 heavy (non-hydrogen) atoms. The first-order chi connectivity index (χ1) is 8.94. The molecule has 3 unspecified atom stereocenters. The molecule has 0 aromatic rings. The molecule has 5 heteroatoms. The molecule has 2 aliphatic carbocycles. The summed E-state index contributed by atoms with van der Waals surface area (Å²) in [6.07, 6.45) is 6.08. The Bertz CT molecular complexity index is 368. The predicted octanol–water partition coefficient (Wildman–Crippen LogP) is 3.51. The van der Waals surface area contributed by atoms with E-state index in [1.54, 1.807) is 0 Å². The summed E-state index contributed by atoms with van der Waals surface area (Å²) in [4.78, 5) is 22.4. The van der Waals surface area contributed by atoms with E-state index in [1.165, 1.54) is 6.92 Å². The first-order valence-corrected chi connectivity index (χ1v) is 7.75. The zero-order valence-corrected chi connectivity index (χ0v) is 12.7. The Labute approximate surface area is 124 Å². The van der Waals surface area contributed by atoms with Gasteiger partial charge in [0.2, 0.25) is 0 Å². The molecule has 0 bridgehead atoms. The molecule has 0 aromatic heterocycles. The SMILES string of the molecule is CC(=O)OCCCCCC1CCC2C1C(=O)C2(Cl)Cl. The molecular formula is C14H20Cl2O3. The van der Waals surface area contributed by atoms with Gasteiger partial charge in [0.15, 0.2) is 10.1 Å². The molecule has 0 spiro atoms. The summed E-state index contributed by atoms with van der Waals surface area (Å²) >= 11 is 12.0. The Morgan fingerprint density at radius 3 is 2.74 bits per heavy atom. The number of fused-ring (bicyclic) bond motifs is 1. The summed E-state index contributed by atoms with van der Waals surface area (Å²) in [6, 6.07) is 0. The van der Waals surface area contributed by atoms with Crippen molar-refractivity contribution in [1.82, 2.24) is 0 Å². The molecule has 2 rings (SSSR count). The summed E-state index contributed by atoms with van der Waals surface area (Å²) in [5.41, 5.74) is 0. The van der Waals surface area contributed by atoms with Crippen molar-refractivity contribution in [3.8, 4) is 0 Å². The summed E-state index contributed by atoms with van der Waals surface area (Å²) < 4.78 is 3.78. The Kier molecular flexibility index (Phi) is 4.78. The number of Topliss-reactive ketones (excluding diaryl/α,β-unsaturated/α-hetero) is 1. The highest BCUT2D eigenvalue weighted by Crippen LogP contribution is 2.59. The second-order valence-corrected chi connectivity index (χ2v) is 7.03. The lowest BCUT2D eigenvalue weighted by molar-refractivity contribution is -0.141. The van der Waals surface area contributed by atoms with Gasteiger partial charge in [0, 0.05) is 18.8 Å². The number of carbonyl (C=O) groups is 2. The summed E-state index contributed by atoms with van der Waals surface area (Å²) in [5.74, 6) is 0.539. The van der Waals surface area contributed by atoms with Crippen LogP contribution in [0.5, 0.6) is 0 Å². The lowest BCUT2D eigenvalue weighted by atomic mass is 9.69. The molecule has 0 amide bonds. The van der Waals surface area contributed by atoms with Crippen molar-refractivity contribution in [2.45, 2.75) is 49.8 Å². The molecule has 0 N–H and O–H groups in total. The van der Waals surface area contributed by atoms with E-state index in [4.69, 9.17) is 27.9 Å². The Morgan fingerprint density at radius 2 is 2.05 bits per heavy atom. The molecule has 3 atom stereocenters. The van der Waals surface area contributed by atoms with Crippen molar-refractivity contribution in [3.05, 3.63) is 0 Å². The van der Waals surface area contributed by atoms with Gasteiger partial charge in [-0.2, -0.15) is 0 Å². The number of unbranched alkanes of at least 4 members (excludes halogenated alkanes) is 2. The maximum absolute atomic E-state index is 11.9. The minimum atomic E-state index is -1.10. The van der Waals surface area contributed by atoms with Crippen molar-refractivity contribution in [2.24, 2.45) is 17.8 Å². The van der Waals surface area contributed by atoms with Gasteiger partial charge in [0.25, 0.3) is 0 Å². The molecule has 2 aliphatic rings. The second-order valence-electron chi connectivity index (χ2n) is 5.65. The fraction of sp³-hybridized carbons (Fsp3) is 0.857. The van der Waals surface area contributed by atoms with Crippen molar-refractivity contribution in [3.63, 3.8) is 0 Å². The zero-order chi connectivity index (χ0) is 14.0. The van der Waals surface area contributed by atoms with E-state index < -0.39 is 4.33 Å². The maximum Gasteiger partial charge on any atom is 0.302 e. The summed E-state index contributed by atoms with van der Waals surface area (Å²) in [7, 11) is 0. The van der Waals surface area contributed by atoms with Gasteiger partial charge in [0.1, 0.15) is 0 Å². The van der Waals surface area contributed by atoms with E-state index in [0.717, 1.165) is 38.5 Å². The number of ether oxygens (including phenoxy) is 1. The molecule has 0 aliphatic heterocycles. The van der Waals surface area contributed by atoms with Gasteiger partial charge in [-0.1, -0.05) is 36.0 Å². The van der Waals surface area contributed by atoms with Crippen molar-refractivity contribution < 1.29 is 14.3 Å². The van der Waals surface area contributed by atoms with E-state index in [-0.39, 0.29) is 23.6 Å². The molecule has 2 saturated carbocycles. The lowest BCUT2D eigenvalue weighted by Gasteiger charge is -2.43. The second kappa shape index (κ2) is 6.01. The quantitative estimate of drug-likeness (QED) is 0.428. The number of ketones is 1. The third-order valence-corrected chi connectivity index (χ3v) is 5.34. The van der Waals surface area contributed by atoms with E-state index in [2.05, 4.69) is 0 Å². The van der Waals surface area contributed by atoms with Gasteiger partial charge in [-0.25, -0.2) is 0 Å². The molecule has 0 radical (unpaired) electrons. The van der Waals surface area contributed by atoms with Crippen LogP contribution in [0.3, 0.4) is 0 Å². The first kappa shape index (κ1) is 15.1. The fourth-order valence-electron chi connectivity index (χ4n) is 3.42. The maximum atomic E-state index is 11.9. The van der Waals surface area contributed by atoms with Crippen LogP contribution in [0, 0.1) is 17.8 Å². The normalized spacial score (nSPS) is 31.7. The van der Waals surface area contributed by atoms with Crippen LogP contribution in [0.1, 0.15) is 45.4 Å². The van der Waals surface area contributed by atoms with Gasteiger partial charge in [-0.05, 0) is 31.6 Å². The predicted molar refractivity (Wildman–Crippen MR) is 74.2 cm³/mol. The highest BCUT2D eigenvalue weighted by Gasteiger charge is 2.64. The van der Waals surface area contributed by atoms with Crippen LogP contribution < -0.4 is 0 Å². The van der Waals surface area contributed by atoms with Crippen molar-refractivity contribution in [2.75, 3.05) is 6.61 Å². The number of hydrogen-bond acceptors (Lipinski definition) is 3. The van der Waals surface area contributed by atoms with E-state index in [9.17, 15) is 9.59 Å². The average Bonchev–Trinajstić information content (AvgIpc) is 2.74. The van der Waals surface area contributed by atoms with Gasteiger partial charge in [0.05, 0.1) is 6.61 Å². The highest BCUT2D eigenvalue weighted by molar-refractivity contribution is 6.60. The van der Waals surface area contributed by atoms with Crippen molar-refractivity contribution in [1.29, 1.82) is 0 Å². The smallest absolute Gasteiger partial charge is 0.302 e. The van der Waals surface area contributed by atoms with Gasteiger partial charge in [-0.3, -0.25) is 9.59 Å². The monoisotopic (exact) mass is 306 g/mol. The van der Waals surface area contributed by atoms with Gasteiger partial charge in [-0.15, -0.1) is 0 Å². The molecule has 3 nitrogen and oxygen atoms in total. The third-order valence-electron chi connectivity index (χ3n) is 4.41. The van der Waals surface area contributed by atoms with Crippen LogP contribution in [0.2, 0.25) is 0 Å². The molecule has 108 valence electrons. The number of hydrogen-bond donors (Lipinski definition) is 0. The van der Waals surface area contributed by atoms with Crippen molar-refractivity contribution >= 4 is 35.0 Å². The van der Waals surface area contributed by atoms with Crippen LogP contribution in [0.4, 0.5) is 0 Å². The Hall–Kier alpha value is -0.280.